The Labute approximate surface area is 117 Å². The maximum absolute atomic E-state index is 5.30. The molecule has 2 rings (SSSR count). The van der Waals surface area contributed by atoms with E-state index < -0.39 is 0 Å². The van der Waals surface area contributed by atoms with Gasteiger partial charge in [-0.25, -0.2) is 0 Å². The van der Waals surface area contributed by atoms with Crippen LogP contribution < -0.4 is 10.1 Å². The molecule has 1 aliphatic carbocycles. The summed E-state index contributed by atoms with van der Waals surface area (Å²) in [5.41, 5.74) is 1.32. The second-order valence-corrected chi connectivity index (χ2v) is 5.98. The fraction of sp³-hybridized carbons (Fsp3) is 0.647. The third-order valence-electron chi connectivity index (χ3n) is 4.34. The molecule has 0 radical (unpaired) electrons. The molecule has 2 heteroatoms. The summed E-state index contributed by atoms with van der Waals surface area (Å²) in [6, 6.07) is 9.46. The highest BCUT2D eigenvalue weighted by atomic mass is 16.5. The van der Waals surface area contributed by atoms with Crippen molar-refractivity contribution in [3.63, 3.8) is 0 Å². The van der Waals surface area contributed by atoms with E-state index in [1.807, 2.05) is 6.07 Å². The Morgan fingerprint density at radius 1 is 1.21 bits per heavy atom. The van der Waals surface area contributed by atoms with E-state index in [0.717, 1.165) is 11.7 Å². The Morgan fingerprint density at radius 2 is 2.05 bits per heavy atom. The summed E-state index contributed by atoms with van der Waals surface area (Å²) < 4.78 is 5.30. The third-order valence-corrected chi connectivity index (χ3v) is 4.34. The molecule has 1 aromatic rings. The quantitative estimate of drug-likeness (QED) is 0.815. The van der Waals surface area contributed by atoms with Crippen LogP contribution >= 0.6 is 0 Å². The van der Waals surface area contributed by atoms with Crippen molar-refractivity contribution in [2.24, 2.45) is 5.92 Å². The standard InChI is InChI=1S/C17H27NO/c1-13-6-4-8-16(11-10-13)18-14(2)15-7-5-9-17(12-15)19-3/h5,7,9,12-14,16,18H,4,6,8,10-11H2,1-3H3/t13?,14-,16?/m0/s1. The monoisotopic (exact) mass is 261 g/mol. The molecular weight excluding hydrogens is 234 g/mol. The summed E-state index contributed by atoms with van der Waals surface area (Å²) in [6.45, 7) is 4.64. The molecule has 19 heavy (non-hydrogen) atoms. The summed E-state index contributed by atoms with van der Waals surface area (Å²) in [5, 5.41) is 3.79. The summed E-state index contributed by atoms with van der Waals surface area (Å²) >= 11 is 0. The van der Waals surface area contributed by atoms with Gasteiger partial charge in [-0.2, -0.15) is 0 Å². The molecule has 1 saturated carbocycles. The zero-order chi connectivity index (χ0) is 13.7. The van der Waals surface area contributed by atoms with Crippen LogP contribution in [0.2, 0.25) is 0 Å². The predicted molar refractivity (Wildman–Crippen MR) is 80.6 cm³/mol. The Morgan fingerprint density at radius 3 is 2.84 bits per heavy atom. The molecular formula is C17H27NO. The first-order valence-electron chi connectivity index (χ1n) is 7.59. The highest BCUT2D eigenvalue weighted by Crippen LogP contribution is 2.25. The average molecular weight is 261 g/mol. The molecule has 0 spiro atoms. The van der Waals surface area contributed by atoms with Crippen molar-refractivity contribution in [2.45, 2.75) is 58.0 Å². The van der Waals surface area contributed by atoms with Crippen LogP contribution in [-0.4, -0.2) is 13.2 Å². The fourth-order valence-corrected chi connectivity index (χ4v) is 3.01. The minimum absolute atomic E-state index is 0.397. The third kappa shape index (κ3) is 4.24. The van der Waals surface area contributed by atoms with Crippen LogP contribution in [0, 0.1) is 5.92 Å². The van der Waals surface area contributed by atoms with Crippen molar-refractivity contribution < 1.29 is 4.74 Å². The second-order valence-electron chi connectivity index (χ2n) is 5.98. The number of ether oxygens (including phenoxy) is 1. The van der Waals surface area contributed by atoms with Gasteiger partial charge < -0.3 is 10.1 Å². The summed E-state index contributed by atoms with van der Waals surface area (Å²) in [4.78, 5) is 0. The van der Waals surface area contributed by atoms with E-state index in [9.17, 15) is 0 Å². The van der Waals surface area contributed by atoms with Crippen LogP contribution in [0.15, 0.2) is 24.3 Å². The molecule has 0 aromatic heterocycles. The Balaban J connectivity index is 1.93. The van der Waals surface area contributed by atoms with E-state index >= 15 is 0 Å². The van der Waals surface area contributed by atoms with Gasteiger partial charge in [0.1, 0.15) is 5.75 Å². The zero-order valence-electron chi connectivity index (χ0n) is 12.5. The first-order chi connectivity index (χ1) is 9.19. The molecule has 0 amide bonds. The number of methoxy groups -OCH3 is 1. The lowest BCUT2D eigenvalue weighted by Gasteiger charge is -2.22. The number of hydrogen-bond acceptors (Lipinski definition) is 2. The van der Waals surface area contributed by atoms with Crippen molar-refractivity contribution in [1.29, 1.82) is 0 Å². The van der Waals surface area contributed by atoms with E-state index in [2.05, 4.69) is 37.4 Å². The minimum atomic E-state index is 0.397. The van der Waals surface area contributed by atoms with Gasteiger partial charge in [0, 0.05) is 12.1 Å². The van der Waals surface area contributed by atoms with Gasteiger partial charge in [0.2, 0.25) is 0 Å². The average Bonchev–Trinajstić information content (AvgIpc) is 2.64. The number of hydrogen-bond donors (Lipinski definition) is 1. The lowest BCUT2D eigenvalue weighted by molar-refractivity contribution is 0.400. The summed E-state index contributed by atoms with van der Waals surface area (Å²) in [7, 11) is 1.73. The topological polar surface area (TPSA) is 21.3 Å². The minimum Gasteiger partial charge on any atom is -0.497 e. The molecule has 106 valence electrons. The molecule has 0 heterocycles. The molecule has 1 N–H and O–H groups in total. The maximum Gasteiger partial charge on any atom is 0.119 e. The largest absolute Gasteiger partial charge is 0.497 e. The summed E-state index contributed by atoms with van der Waals surface area (Å²) in [6.07, 6.45) is 6.76. The number of benzene rings is 1. The van der Waals surface area contributed by atoms with Crippen molar-refractivity contribution in [1.82, 2.24) is 5.32 Å². The van der Waals surface area contributed by atoms with Crippen LogP contribution in [0.5, 0.6) is 5.75 Å². The zero-order valence-corrected chi connectivity index (χ0v) is 12.5. The smallest absolute Gasteiger partial charge is 0.119 e. The van der Waals surface area contributed by atoms with Crippen molar-refractivity contribution in [3.8, 4) is 5.75 Å². The molecule has 2 unspecified atom stereocenters. The van der Waals surface area contributed by atoms with E-state index in [1.165, 1.54) is 37.7 Å². The molecule has 1 fully saturated rings. The van der Waals surface area contributed by atoms with Crippen molar-refractivity contribution in [3.05, 3.63) is 29.8 Å². The van der Waals surface area contributed by atoms with Crippen molar-refractivity contribution in [2.75, 3.05) is 7.11 Å². The molecule has 0 saturated heterocycles. The van der Waals surface area contributed by atoms with Crippen LogP contribution in [-0.2, 0) is 0 Å². The van der Waals surface area contributed by atoms with Gasteiger partial charge >= 0.3 is 0 Å². The second kappa shape index (κ2) is 6.95. The predicted octanol–water partition coefficient (Wildman–Crippen LogP) is 4.31. The highest BCUT2D eigenvalue weighted by molar-refractivity contribution is 5.30. The van der Waals surface area contributed by atoms with E-state index in [0.29, 0.717) is 12.1 Å². The van der Waals surface area contributed by atoms with Gasteiger partial charge in [-0.1, -0.05) is 31.9 Å². The molecule has 1 aliphatic rings. The van der Waals surface area contributed by atoms with Crippen LogP contribution in [0.25, 0.3) is 0 Å². The van der Waals surface area contributed by atoms with Gasteiger partial charge in [0.25, 0.3) is 0 Å². The summed E-state index contributed by atoms with van der Waals surface area (Å²) in [5.74, 6) is 1.85. The molecule has 3 atom stereocenters. The Kier molecular flexibility index (Phi) is 5.26. The molecule has 2 nitrogen and oxygen atoms in total. The van der Waals surface area contributed by atoms with Crippen molar-refractivity contribution >= 4 is 0 Å². The molecule has 0 bridgehead atoms. The van der Waals surface area contributed by atoms with Crippen LogP contribution in [0.4, 0.5) is 0 Å². The molecule has 0 aliphatic heterocycles. The number of nitrogens with one attached hydrogen (secondary N) is 1. The number of rotatable bonds is 4. The van der Waals surface area contributed by atoms with Gasteiger partial charge in [-0.15, -0.1) is 0 Å². The van der Waals surface area contributed by atoms with E-state index in [1.54, 1.807) is 7.11 Å². The van der Waals surface area contributed by atoms with E-state index in [-0.39, 0.29) is 0 Å². The highest BCUT2D eigenvalue weighted by Gasteiger charge is 2.18. The first-order valence-corrected chi connectivity index (χ1v) is 7.59. The van der Waals surface area contributed by atoms with Gasteiger partial charge in [-0.3, -0.25) is 0 Å². The van der Waals surface area contributed by atoms with Crippen LogP contribution in [0.1, 0.15) is 57.6 Å². The molecule has 1 aromatic carbocycles. The van der Waals surface area contributed by atoms with Gasteiger partial charge in [-0.05, 0) is 49.8 Å². The fourth-order valence-electron chi connectivity index (χ4n) is 3.01. The Bertz CT molecular complexity index is 391. The SMILES string of the molecule is COc1cccc([C@H](C)NC2CCCC(C)CC2)c1. The lowest BCUT2D eigenvalue weighted by atomic mass is 10.0. The van der Waals surface area contributed by atoms with Gasteiger partial charge in [0.05, 0.1) is 7.11 Å². The van der Waals surface area contributed by atoms with E-state index in [4.69, 9.17) is 4.74 Å². The Hall–Kier alpha value is -1.02. The van der Waals surface area contributed by atoms with Crippen LogP contribution in [0.3, 0.4) is 0 Å². The lowest BCUT2D eigenvalue weighted by Crippen LogP contribution is -2.31. The normalized spacial score (nSPS) is 25.6. The van der Waals surface area contributed by atoms with Gasteiger partial charge in [0.15, 0.2) is 0 Å². The first kappa shape index (κ1) is 14.4. The maximum atomic E-state index is 5.30.